The van der Waals surface area contributed by atoms with Crippen LogP contribution < -0.4 is 16.6 Å². The van der Waals surface area contributed by atoms with Crippen LogP contribution >= 0.6 is 27.3 Å². The molecule has 0 bridgehead atoms. The highest BCUT2D eigenvalue weighted by Crippen LogP contribution is 2.34. The van der Waals surface area contributed by atoms with Crippen molar-refractivity contribution >= 4 is 54.9 Å². The van der Waals surface area contributed by atoms with Gasteiger partial charge in [0.1, 0.15) is 16.5 Å². The largest absolute Gasteiger partial charge is 0.336 e. The zero-order chi connectivity index (χ0) is 15.0. The Balaban J connectivity index is 2.15. The van der Waals surface area contributed by atoms with Gasteiger partial charge in [0.25, 0.3) is 0 Å². The van der Waals surface area contributed by atoms with Crippen molar-refractivity contribution in [3.05, 3.63) is 39.4 Å². The number of thiophene rings is 1. The summed E-state index contributed by atoms with van der Waals surface area (Å²) in [4.78, 5) is 10.4. The van der Waals surface area contributed by atoms with Crippen LogP contribution in [0.5, 0.6) is 0 Å². The highest BCUT2D eigenvalue weighted by atomic mass is 79.9. The number of fused-ring (bicyclic) bond motifs is 1. The van der Waals surface area contributed by atoms with Crippen LogP contribution in [0.4, 0.5) is 21.8 Å². The second-order valence-electron chi connectivity index (χ2n) is 4.34. The summed E-state index contributed by atoms with van der Waals surface area (Å²) in [5.41, 5.74) is 2.75. The van der Waals surface area contributed by atoms with E-state index in [9.17, 15) is 4.39 Å². The minimum absolute atomic E-state index is 0.277. The molecule has 5 nitrogen and oxygen atoms in total. The Bertz CT molecular complexity index is 799. The van der Waals surface area contributed by atoms with E-state index in [-0.39, 0.29) is 11.8 Å². The molecule has 0 aliphatic rings. The Labute approximate surface area is 132 Å². The fourth-order valence-corrected chi connectivity index (χ4v) is 3.26. The number of nitrogens with two attached hydrogens (primary N) is 1. The summed E-state index contributed by atoms with van der Waals surface area (Å²) in [7, 11) is 0. The quantitative estimate of drug-likeness (QED) is 0.483. The topological polar surface area (TPSA) is 75.9 Å². The van der Waals surface area contributed by atoms with Crippen molar-refractivity contribution in [1.82, 2.24) is 9.97 Å². The van der Waals surface area contributed by atoms with Crippen molar-refractivity contribution in [2.24, 2.45) is 5.84 Å². The lowest BCUT2D eigenvalue weighted by atomic mass is 10.3. The number of hydrogen-bond donors (Lipinski definition) is 3. The van der Waals surface area contributed by atoms with Gasteiger partial charge in [0.15, 0.2) is 0 Å². The average molecular weight is 368 g/mol. The van der Waals surface area contributed by atoms with Gasteiger partial charge in [-0.25, -0.2) is 15.2 Å². The lowest BCUT2D eigenvalue weighted by molar-refractivity contribution is 0.631. The number of nitrogens with one attached hydrogen (secondary N) is 2. The van der Waals surface area contributed by atoms with E-state index in [0.29, 0.717) is 16.0 Å². The van der Waals surface area contributed by atoms with Gasteiger partial charge in [-0.15, -0.1) is 11.3 Å². The van der Waals surface area contributed by atoms with Crippen LogP contribution in [0.3, 0.4) is 0 Å². The first-order valence-electron chi connectivity index (χ1n) is 6.04. The van der Waals surface area contributed by atoms with Crippen molar-refractivity contribution in [2.45, 2.75) is 6.92 Å². The molecule has 0 aliphatic heterocycles. The standard InChI is InChI=1S/C13H11BrFN5S/c1-6-5-7-11(18-13(20-16)19-12(7)21-6)17-10-8(14)3-2-4-9(10)15/h2-5H,16H2,1H3,(H2,17,18,19,20). The van der Waals surface area contributed by atoms with Crippen LogP contribution in [-0.2, 0) is 0 Å². The smallest absolute Gasteiger partial charge is 0.240 e. The van der Waals surface area contributed by atoms with Crippen molar-refractivity contribution in [3.63, 3.8) is 0 Å². The molecular formula is C13H11BrFN5S. The molecule has 8 heteroatoms. The Hall–Kier alpha value is -1.77. The maximum Gasteiger partial charge on any atom is 0.240 e. The molecule has 3 aromatic rings. The molecular weight excluding hydrogens is 357 g/mol. The van der Waals surface area contributed by atoms with E-state index in [1.165, 1.54) is 17.4 Å². The molecule has 1 aromatic carbocycles. The minimum Gasteiger partial charge on any atom is -0.336 e. The molecule has 2 heterocycles. The molecule has 0 unspecified atom stereocenters. The van der Waals surface area contributed by atoms with E-state index in [0.717, 1.165) is 15.1 Å². The predicted octanol–water partition coefficient (Wildman–Crippen LogP) is 3.93. The molecule has 0 radical (unpaired) electrons. The Kier molecular flexibility index (Phi) is 3.75. The van der Waals surface area contributed by atoms with Gasteiger partial charge < -0.3 is 5.32 Å². The number of hydrogen-bond acceptors (Lipinski definition) is 6. The normalized spacial score (nSPS) is 10.9. The number of aromatic nitrogens is 2. The highest BCUT2D eigenvalue weighted by Gasteiger charge is 2.13. The molecule has 0 spiro atoms. The number of hydrazine groups is 1. The van der Waals surface area contributed by atoms with E-state index in [1.54, 1.807) is 12.1 Å². The predicted molar refractivity (Wildman–Crippen MR) is 87.3 cm³/mol. The van der Waals surface area contributed by atoms with E-state index in [4.69, 9.17) is 5.84 Å². The van der Waals surface area contributed by atoms with Gasteiger partial charge in [-0.3, -0.25) is 5.43 Å². The van der Waals surface area contributed by atoms with Crippen LogP contribution in [0.2, 0.25) is 0 Å². The second kappa shape index (κ2) is 5.55. The molecule has 3 rings (SSSR count). The van der Waals surface area contributed by atoms with Gasteiger partial charge in [0.05, 0.1) is 11.1 Å². The number of rotatable bonds is 3. The summed E-state index contributed by atoms with van der Waals surface area (Å²) < 4.78 is 14.6. The Morgan fingerprint density at radius 3 is 2.86 bits per heavy atom. The summed E-state index contributed by atoms with van der Waals surface area (Å²) in [5.74, 6) is 5.80. The zero-order valence-electron chi connectivity index (χ0n) is 10.9. The zero-order valence-corrected chi connectivity index (χ0v) is 13.3. The van der Waals surface area contributed by atoms with Crippen LogP contribution in [0.15, 0.2) is 28.7 Å². The Morgan fingerprint density at radius 2 is 2.14 bits per heavy atom. The molecule has 0 aliphatic carbocycles. The summed E-state index contributed by atoms with van der Waals surface area (Å²) in [6.07, 6.45) is 0. The third-order valence-electron chi connectivity index (χ3n) is 2.85. The van der Waals surface area contributed by atoms with Crippen molar-refractivity contribution < 1.29 is 4.39 Å². The molecule has 4 N–H and O–H groups in total. The van der Waals surface area contributed by atoms with Crippen LogP contribution in [-0.4, -0.2) is 9.97 Å². The SMILES string of the molecule is Cc1cc2c(Nc3c(F)cccc3Br)nc(NN)nc2s1. The fraction of sp³-hybridized carbons (Fsp3) is 0.0769. The van der Waals surface area contributed by atoms with E-state index < -0.39 is 0 Å². The summed E-state index contributed by atoms with van der Waals surface area (Å²) in [6, 6.07) is 6.72. The lowest BCUT2D eigenvalue weighted by Gasteiger charge is -2.10. The first-order valence-corrected chi connectivity index (χ1v) is 7.65. The first kappa shape index (κ1) is 14.2. The van der Waals surface area contributed by atoms with Gasteiger partial charge >= 0.3 is 0 Å². The number of nitrogens with zero attached hydrogens (tertiary/aromatic N) is 2. The third kappa shape index (κ3) is 2.69. The van der Waals surface area contributed by atoms with Gasteiger partial charge in [-0.1, -0.05) is 6.07 Å². The molecule has 0 amide bonds. The average Bonchev–Trinajstić information content (AvgIpc) is 2.83. The third-order valence-corrected chi connectivity index (χ3v) is 4.46. The summed E-state index contributed by atoms with van der Waals surface area (Å²) in [6.45, 7) is 1.98. The molecule has 21 heavy (non-hydrogen) atoms. The molecule has 108 valence electrons. The van der Waals surface area contributed by atoms with Gasteiger partial charge in [-0.05, 0) is 41.1 Å². The number of nitrogen functional groups attached to an aromatic ring is 1. The first-order chi connectivity index (χ1) is 10.1. The van der Waals surface area contributed by atoms with E-state index >= 15 is 0 Å². The maximum absolute atomic E-state index is 14.0. The lowest BCUT2D eigenvalue weighted by Crippen LogP contribution is -2.11. The summed E-state index contributed by atoms with van der Waals surface area (Å²) in [5, 5.41) is 3.84. The van der Waals surface area contributed by atoms with Gasteiger partial charge in [-0.2, -0.15) is 4.98 Å². The van der Waals surface area contributed by atoms with Gasteiger partial charge in [0.2, 0.25) is 5.95 Å². The van der Waals surface area contributed by atoms with Crippen LogP contribution in [0.1, 0.15) is 4.88 Å². The number of halogens is 2. The van der Waals surface area contributed by atoms with Crippen molar-refractivity contribution in [3.8, 4) is 0 Å². The van der Waals surface area contributed by atoms with E-state index in [2.05, 4.69) is 36.6 Å². The number of para-hydroxylation sites is 1. The molecule has 0 saturated carbocycles. The Morgan fingerprint density at radius 1 is 1.33 bits per heavy atom. The monoisotopic (exact) mass is 367 g/mol. The second-order valence-corrected chi connectivity index (χ2v) is 6.43. The fourth-order valence-electron chi connectivity index (χ4n) is 1.94. The van der Waals surface area contributed by atoms with Crippen LogP contribution in [0, 0.1) is 12.7 Å². The van der Waals surface area contributed by atoms with Gasteiger partial charge in [0, 0.05) is 9.35 Å². The molecule has 0 saturated heterocycles. The molecule has 0 fully saturated rings. The minimum atomic E-state index is -0.370. The number of benzene rings is 1. The van der Waals surface area contributed by atoms with E-state index in [1.807, 2.05) is 13.0 Å². The molecule has 2 aromatic heterocycles. The highest BCUT2D eigenvalue weighted by molar-refractivity contribution is 9.10. The van der Waals surface area contributed by atoms with Crippen molar-refractivity contribution in [2.75, 3.05) is 10.7 Å². The molecule has 0 atom stereocenters. The number of aryl methyl sites for hydroxylation is 1. The maximum atomic E-state index is 14.0. The van der Waals surface area contributed by atoms with Crippen molar-refractivity contribution in [1.29, 1.82) is 0 Å². The summed E-state index contributed by atoms with van der Waals surface area (Å²) >= 11 is 4.85. The number of anilines is 3. The van der Waals surface area contributed by atoms with Crippen LogP contribution in [0.25, 0.3) is 10.2 Å².